The number of hydrogen-bond donors (Lipinski definition) is 2. The third-order valence-electron chi connectivity index (χ3n) is 4.09. The van der Waals surface area contributed by atoms with Crippen LogP contribution >= 0.6 is 0 Å². The van der Waals surface area contributed by atoms with Crippen LogP contribution in [0.4, 0.5) is 5.69 Å². The Balaban J connectivity index is 1.88. The molecule has 1 saturated heterocycles. The van der Waals surface area contributed by atoms with Crippen LogP contribution in [0, 0.1) is 5.92 Å². The van der Waals surface area contributed by atoms with Crippen LogP contribution < -0.4 is 11.1 Å². The number of hydrogen-bond acceptors (Lipinski definition) is 4. The Morgan fingerprint density at radius 2 is 2.10 bits per heavy atom. The normalized spacial score (nSPS) is 17.1. The summed E-state index contributed by atoms with van der Waals surface area (Å²) in [7, 11) is 1.76. The zero-order valence-electron chi connectivity index (χ0n) is 13.4. The average Bonchev–Trinajstić information content (AvgIpc) is 3.04. The van der Waals surface area contributed by atoms with Crippen molar-refractivity contribution >= 4 is 11.6 Å². The Hall–Kier alpha value is -1.56. The average molecular weight is 293 g/mol. The summed E-state index contributed by atoms with van der Waals surface area (Å²) in [6, 6.07) is 0. The second-order valence-electron chi connectivity index (χ2n) is 6.01. The number of nitrogens with one attached hydrogen (secondary N) is 1. The highest BCUT2D eigenvalue weighted by Crippen LogP contribution is 2.17. The fourth-order valence-electron chi connectivity index (χ4n) is 2.95. The van der Waals surface area contributed by atoms with Crippen molar-refractivity contribution in [2.24, 2.45) is 13.0 Å². The minimum absolute atomic E-state index is 0.129. The first-order valence-electron chi connectivity index (χ1n) is 7.84. The van der Waals surface area contributed by atoms with E-state index in [2.05, 4.69) is 22.2 Å². The van der Waals surface area contributed by atoms with Gasteiger partial charge in [0.25, 0.3) is 5.91 Å². The van der Waals surface area contributed by atoms with Gasteiger partial charge in [-0.25, -0.2) is 0 Å². The van der Waals surface area contributed by atoms with Crippen LogP contribution in [-0.2, 0) is 13.5 Å². The van der Waals surface area contributed by atoms with Gasteiger partial charge in [0.2, 0.25) is 0 Å². The van der Waals surface area contributed by atoms with Crippen molar-refractivity contribution in [3.8, 4) is 0 Å². The van der Waals surface area contributed by atoms with Crippen molar-refractivity contribution in [2.45, 2.75) is 33.1 Å². The zero-order chi connectivity index (χ0) is 15.4. The van der Waals surface area contributed by atoms with Crippen molar-refractivity contribution in [3.05, 3.63) is 11.4 Å². The Kier molecular flexibility index (Phi) is 5.22. The maximum atomic E-state index is 12.3. The standard InChI is InChI=1S/C15H27N5O/c1-4-12-13(16)14(19(3)18-12)15(21)17-9-11(2)10-20-7-5-6-8-20/h11H,4-10,16H2,1-3H3,(H,17,21). The zero-order valence-corrected chi connectivity index (χ0v) is 13.4. The predicted octanol–water partition coefficient (Wildman–Crippen LogP) is 1.03. The SMILES string of the molecule is CCc1nn(C)c(C(=O)NCC(C)CN2CCCC2)c1N. The first-order valence-corrected chi connectivity index (χ1v) is 7.84. The molecule has 0 saturated carbocycles. The van der Waals surface area contributed by atoms with Crippen molar-refractivity contribution < 1.29 is 4.79 Å². The fourth-order valence-corrected chi connectivity index (χ4v) is 2.95. The van der Waals surface area contributed by atoms with E-state index in [4.69, 9.17) is 5.73 Å². The van der Waals surface area contributed by atoms with Gasteiger partial charge in [0.05, 0.1) is 11.4 Å². The molecule has 0 bridgehead atoms. The molecule has 3 N–H and O–H groups in total. The minimum atomic E-state index is -0.129. The van der Waals surface area contributed by atoms with Crippen LogP contribution in [-0.4, -0.2) is 46.8 Å². The van der Waals surface area contributed by atoms with Crippen LogP contribution in [0.15, 0.2) is 0 Å². The molecule has 2 heterocycles. The lowest BCUT2D eigenvalue weighted by Crippen LogP contribution is -2.35. The molecule has 21 heavy (non-hydrogen) atoms. The lowest BCUT2D eigenvalue weighted by Gasteiger charge is -2.20. The number of rotatable bonds is 6. The molecule has 1 unspecified atom stereocenters. The van der Waals surface area contributed by atoms with E-state index in [-0.39, 0.29) is 5.91 Å². The maximum absolute atomic E-state index is 12.3. The first-order chi connectivity index (χ1) is 10.0. The molecular formula is C15H27N5O. The number of carbonyl (C=O) groups is 1. The third-order valence-corrected chi connectivity index (χ3v) is 4.09. The molecule has 1 aromatic heterocycles. The second-order valence-corrected chi connectivity index (χ2v) is 6.01. The van der Waals surface area contributed by atoms with E-state index in [9.17, 15) is 4.79 Å². The molecule has 0 radical (unpaired) electrons. The van der Waals surface area contributed by atoms with E-state index in [1.54, 1.807) is 11.7 Å². The van der Waals surface area contributed by atoms with Gasteiger partial charge in [0.1, 0.15) is 5.69 Å². The van der Waals surface area contributed by atoms with E-state index < -0.39 is 0 Å². The number of aryl methyl sites for hydroxylation is 2. The number of likely N-dealkylation sites (tertiary alicyclic amines) is 1. The van der Waals surface area contributed by atoms with Crippen LogP contribution in [0.1, 0.15) is 42.9 Å². The number of carbonyl (C=O) groups excluding carboxylic acids is 1. The summed E-state index contributed by atoms with van der Waals surface area (Å²) in [4.78, 5) is 14.8. The molecule has 1 aliphatic heterocycles. The second kappa shape index (κ2) is 6.93. The van der Waals surface area contributed by atoms with Crippen LogP contribution in [0.3, 0.4) is 0 Å². The highest BCUT2D eigenvalue weighted by molar-refractivity contribution is 5.97. The number of amides is 1. The lowest BCUT2D eigenvalue weighted by molar-refractivity contribution is 0.0936. The topological polar surface area (TPSA) is 76.2 Å². The highest BCUT2D eigenvalue weighted by atomic mass is 16.2. The van der Waals surface area contributed by atoms with Gasteiger partial charge in [0.15, 0.2) is 0 Å². The molecule has 1 amide bonds. The van der Waals surface area contributed by atoms with Gasteiger partial charge in [-0.15, -0.1) is 0 Å². The number of aromatic nitrogens is 2. The van der Waals surface area contributed by atoms with Gasteiger partial charge in [-0.2, -0.15) is 5.10 Å². The summed E-state index contributed by atoms with van der Waals surface area (Å²) in [5.41, 5.74) is 7.76. The smallest absolute Gasteiger partial charge is 0.271 e. The lowest BCUT2D eigenvalue weighted by atomic mass is 10.1. The Bertz CT molecular complexity index is 490. The van der Waals surface area contributed by atoms with Gasteiger partial charge < -0.3 is 16.0 Å². The quantitative estimate of drug-likeness (QED) is 0.821. The molecule has 1 aromatic rings. The largest absolute Gasteiger partial charge is 0.395 e. The van der Waals surface area contributed by atoms with Gasteiger partial charge in [-0.05, 0) is 38.3 Å². The summed E-state index contributed by atoms with van der Waals surface area (Å²) in [6.45, 7) is 8.24. The number of nitrogen functional groups attached to an aromatic ring is 1. The number of anilines is 1. The monoisotopic (exact) mass is 293 g/mol. The van der Waals surface area contributed by atoms with Crippen molar-refractivity contribution in [1.29, 1.82) is 0 Å². The third kappa shape index (κ3) is 3.75. The molecule has 1 fully saturated rings. The van der Waals surface area contributed by atoms with Crippen molar-refractivity contribution in [1.82, 2.24) is 20.0 Å². The van der Waals surface area contributed by atoms with E-state index >= 15 is 0 Å². The van der Waals surface area contributed by atoms with Gasteiger partial charge in [0, 0.05) is 20.1 Å². The number of nitrogens with zero attached hydrogens (tertiary/aromatic N) is 3. The van der Waals surface area contributed by atoms with Gasteiger partial charge >= 0.3 is 0 Å². The summed E-state index contributed by atoms with van der Waals surface area (Å²) in [6.07, 6.45) is 3.33. The van der Waals surface area contributed by atoms with E-state index in [1.807, 2.05) is 6.92 Å². The summed E-state index contributed by atoms with van der Waals surface area (Å²) in [5, 5.41) is 7.27. The Morgan fingerprint density at radius 3 is 2.67 bits per heavy atom. The molecular weight excluding hydrogens is 266 g/mol. The van der Waals surface area contributed by atoms with E-state index in [1.165, 1.54) is 25.9 Å². The predicted molar refractivity (Wildman–Crippen MR) is 84.2 cm³/mol. The molecule has 2 rings (SSSR count). The molecule has 1 atom stereocenters. The van der Waals surface area contributed by atoms with E-state index in [0.717, 1.165) is 18.7 Å². The summed E-state index contributed by atoms with van der Waals surface area (Å²) >= 11 is 0. The minimum Gasteiger partial charge on any atom is -0.395 e. The van der Waals surface area contributed by atoms with Crippen LogP contribution in [0.2, 0.25) is 0 Å². The van der Waals surface area contributed by atoms with E-state index in [0.29, 0.717) is 23.8 Å². The molecule has 6 nitrogen and oxygen atoms in total. The fraction of sp³-hybridized carbons (Fsp3) is 0.733. The molecule has 1 aliphatic rings. The van der Waals surface area contributed by atoms with Gasteiger partial charge in [-0.1, -0.05) is 13.8 Å². The Morgan fingerprint density at radius 1 is 1.43 bits per heavy atom. The molecule has 6 heteroatoms. The van der Waals surface area contributed by atoms with Crippen LogP contribution in [0.25, 0.3) is 0 Å². The molecule has 0 aliphatic carbocycles. The van der Waals surface area contributed by atoms with Gasteiger partial charge in [-0.3, -0.25) is 9.48 Å². The van der Waals surface area contributed by atoms with Crippen molar-refractivity contribution in [3.63, 3.8) is 0 Å². The van der Waals surface area contributed by atoms with Crippen LogP contribution in [0.5, 0.6) is 0 Å². The molecule has 0 spiro atoms. The summed E-state index contributed by atoms with van der Waals surface area (Å²) in [5.74, 6) is 0.308. The first kappa shape index (κ1) is 15.8. The Labute approximate surface area is 126 Å². The molecule has 0 aromatic carbocycles. The van der Waals surface area contributed by atoms with Crippen molar-refractivity contribution in [2.75, 3.05) is 31.9 Å². The highest BCUT2D eigenvalue weighted by Gasteiger charge is 2.20. The maximum Gasteiger partial charge on any atom is 0.271 e. The molecule has 118 valence electrons. The summed E-state index contributed by atoms with van der Waals surface area (Å²) < 4.78 is 1.58. The number of nitrogens with two attached hydrogens (primary N) is 1.